The van der Waals surface area contributed by atoms with Crippen LogP contribution in [0.15, 0.2) is 44.9 Å². The van der Waals surface area contributed by atoms with Gasteiger partial charge in [0.25, 0.3) is 5.89 Å². The first-order chi connectivity index (χ1) is 11.8. The van der Waals surface area contributed by atoms with Crippen LogP contribution in [-0.4, -0.2) is 34.0 Å². The molecule has 1 fully saturated rings. The normalized spacial score (nSPS) is 17.8. The summed E-state index contributed by atoms with van der Waals surface area (Å²) in [6.07, 6.45) is 4.37. The molecule has 1 aliphatic heterocycles. The summed E-state index contributed by atoms with van der Waals surface area (Å²) >= 11 is 3.21. The van der Waals surface area contributed by atoms with Crippen LogP contribution < -0.4 is 0 Å². The number of thiophene rings is 2. The van der Waals surface area contributed by atoms with Gasteiger partial charge in [-0.05, 0) is 35.4 Å². The molecule has 0 saturated carbocycles. The third-order valence-corrected chi connectivity index (χ3v) is 5.53. The van der Waals surface area contributed by atoms with Crippen molar-refractivity contribution in [3.63, 3.8) is 0 Å². The topological polar surface area (TPSA) is 59.2 Å². The van der Waals surface area contributed by atoms with Crippen molar-refractivity contribution in [3.8, 4) is 11.5 Å². The fourth-order valence-corrected chi connectivity index (χ4v) is 3.97. The summed E-state index contributed by atoms with van der Waals surface area (Å²) in [7, 11) is 0. The third-order valence-electron chi connectivity index (χ3n) is 4.01. The van der Waals surface area contributed by atoms with Crippen LogP contribution in [0.3, 0.4) is 0 Å². The number of likely N-dealkylation sites (tertiary alicyclic amines) is 1. The van der Waals surface area contributed by atoms with Gasteiger partial charge in [0.05, 0.1) is 5.56 Å². The Bertz CT molecular complexity index is 837. The summed E-state index contributed by atoms with van der Waals surface area (Å²) in [6, 6.07) is 5.93. The van der Waals surface area contributed by atoms with Gasteiger partial charge in [-0.3, -0.25) is 4.79 Å². The average Bonchev–Trinajstić information content (AvgIpc) is 3.40. The van der Waals surface area contributed by atoms with E-state index in [-0.39, 0.29) is 11.8 Å². The summed E-state index contributed by atoms with van der Waals surface area (Å²) in [5.74, 6) is 1.41. The van der Waals surface area contributed by atoms with E-state index in [4.69, 9.17) is 4.52 Å². The molecule has 0 aliphatic carbocycles. The maximum atomic E-state index is 12.3. The number of hydrogen-bond donors (Lipinski definition) is 0. The van der Waals surface area contributed by atoms with Gasteiger partial charge in [-0.15, -0.1) is 11.3 Å². The van der Waals surface area contributed by atoms with Crippen LogP contribution in [-0.2, 0) is 4.79 Å². The van der Waals surface area contributed by atoms with Crippen molar-refractivity contribution >= 4 is 34.7 Å². The van der Waals surface area contributed by atoms with Crippen LogP contribution in [0.5, 0.6) is 0 Å². The Morgan fingerprint density at radius 1 is 1.38 bits per heavy atom. The van der Waals surface area contributed by atoms with Crippen molar-refractivity contribution in [3.05, 3.63) is 51.1 Å². The minimum Gasteiger partial charge on any atom is -0.338 e. The molecule has 5 nitrogen and oxygen atoms in total. The zero-order chi connectivity index (χ0) is 16.4. The van der Waals surface area contributed by atoms with E-state index >= 15 is 0 Å². The first kappa shape index (κ1) is 15.3. The molecule has 1 amide bonds. The number of amides is 1. The molecule has 24 heavy (non-hydrogen) atoms. The number of carbonyl (C=O) groups is 1. The molecular weight excluding hydrogens is 342 g/mol. The molecule has 0 radical (unpaired) electrons. The van der Waals surface area contributed by atoms with Crippen molar-refractivity contribution in [2.45, 2.75) is 12.3 Å². The Kier molecular flexibility index (Phi) is 4.27. The highest BCUT2D eigenvalue weighted by molar-refractivity contribution is 7.10. The third kappa shape index (κ3) is 3.18. The lowest BCUT2D eigenvalue weighted by atomic mass is 10.1. The highest BCUT2D eigenvalue weighted by Crippen LogP contribution is 2.28. The highest BCUT2D eigenvalue weighted by Gasteiger charge is 2.29. The van der Waals surface area contributed by atoms with E-state index in [0.717, 1.165) is 23.4 Å². The number of aromatic nitrogens is 2. The van der Waals surface area contributed by atoms with Crippen LogP contribution in [0.4, 0.5) is 0 Å². The quantitative estimate of drug-likeness (QED) is 0.665. The van der Waals surface area contributed by atoms with E-state index in [1.165, 1.54) is 0 Å². The van der Waals surface area contributed by atoms with Crippen LogP contribution in [0.2, 0.25) is 0 Å². The van der Waals surface area contributed by atoms with E-state index in [1.807, 2.05) is 45.3 Å². The Morgan fingerprint density at radius 3 is 3.12 bits per heavy atom. The monoisotopic (exact) mass is 357 g/mol. The predicted molar refractivity (Wildman–Crippen MR) is 94.9 cm³/mol. The van der Waals surface area contributed by atoms with Gasteiger partial charge < -0.3 is 9.42 Å². The van der Waals surface area contributed by atoms with Gasteiger partial charge >= 0.3 is 0 Å². The minimum absolute atomic E-state index is 0.0347. The molecule has 0 N–H and O–H groups in total. The minimum atomic E-state index is 0.0347. The molecule has 0 bridgehead atoms. The molecule has 122 valence electrons. The zero-order valence-electron chi connectivity index (χ0n) is 12.8. The highest BCUT2D eigenvalue weighted by atomic mass is 32.1. The fourth-order valence-electron chi connectivity index (χ4n) is 2.72. The van der Waals surface area contributed by atoms with Crippen LogP contribution in [0, 0.1) is 0 Å². The maximum absolute atomic E-state index is 12.3. The van der Waals surface area contributed by atoms with Crippen molar-refractivity contribution in [1.82, 2.24) is 15.0 Å². The van der Waals surface area contributed by atoms with Crippen LogP contribution >= 0.6 is 22.7 Å². The largest absolute Gasteiger partial charge is 0.338 e. The van der Waals surface area contributed by atoms with Crippen molar-refractivity contribution in [2.24, 2.45) is 0 Å². The maximum Gasteiger partial charge on any atom is 0.258 e. The van der Waals surface area contributed by atoms with Crippen molar-refractivity contribution in [1.29, 1.82) is 0 Å². The zero-order valence-corrected chi connectivity index (χ0v) is 14.4. The SMILES string of the molecule is O=C(/C=C\c1cccs1)N1CCC(c2noc(-c3ccsc3)n2)C1. The van der Waals surface area contributed by atoms with Gasteiger partial charge in [-0.25, -0.2) is 0 Å². The van der Waals surface area contributed by atoms with Gasteiger partial charge in [0.15, 0.2) is 5.82 Å². The Hall–Kier alpha value is -2.25. The number of rotatable bonds is 4. The lowest BCUT2D eigenvalue weighted by Gasteiger charge is -2.12. The number of nitrogens with zero attached hydrogens (tertiary/aromatic N) is 3. The average molecular weight is 357 g/mol. The lowest BCUT2D eigenvalue weighted by Crippen LogP contribution is -2.26. The van der Waals surface area contributed by atoms with Crippen LogP contribution in [0.25, 0.3) is 17.5 Å². The van der Waals surface area contributed by atoms with Crippen molar-refractivity contribution < 1.29 is 9.32 Å². The first-order valence-electron chi connectivity index (χ1n) is 7.66. The molecule has 1 atom stereocenters. The second-order valence-electron chi connectivity index (χ2n) is 5.59. The second-order valence-corrected chi connectivity index (χ2v) is 7.35. The molecule has 0 spiro atoms. The Morgan fingerprint density at radius 2 is 2.33 bits per heavy atom. The molecule has 4 heterocycles. The van der Waals surface area contributed by atoms with Crippen molar-refractivity contribution in [2.75, 3.05) is 13.1 Å². The van der Waals surface area contributed by atoms with Gasteiger partial charge in [0, 0.05) is 35.3 Å². The van der Waals surface area contributed by atoms with Gasteiger partial charge in [0.1, 0.15) is 0 Å². The Labute approximate surface area is 147 Å². The molecule has 0 aromatic carbocycles. The van der Waals surface area contributed by atoms with Crippen LogP contribution in [0.1, 0.15) is 23.0 Å². The smallest absolute Gasteiger partial charge is 0.258 e. The first-order valence-corrected chi connectivity index (χ1v) is 9.48. The van der Waals surface area contributed by atoms with E-state index in [0.29, 0.717) is 18.3 Å². The summed E-state index contributed by atoms with van der Waals surface area (Å²) in [6.45, 7) is 1.36. The number of carbonyl (C=O) groups excluding carboxylic acids is 1. The summed E-state index contributed by atoms with van der Waals surface area (Å²) in [5, 5.41) is 10.1. The standard InChI is InChI=1S/C17H15N3O2S2/c21-15(4-3-14-2-1-8-24-14)20-7-5-12(10-20)16-18-17(22-19-16)13-6-9-23-11-13/h1-4,6,8-9,11-12H,5,7,10H2/b4-3-. The molecular formula is C17H15N3O2S2. The Balaban J connectivity index is 1.40. The van der Waals surface area contributed by atoms with E-state index in [1.54, 1.807) is 28.7 Å². The second kappa shape index (κ2) is 6.70. The molecule has 7 heteroatoms. The molecule has 3 aromatic rings. The molecule has 3 aromatic heterocycles. The summed E-state index contributed by atoms with van der Waals surface area (Å²) < 4.78 is 5.34. The van der Waals surface area contributed by atoms with E-state index in [9.17, 15) is 4.79 Å². The molecule has 1 aliphatic rings. The predicted octanol–water partition coefficient (Wildman–Crippen LogP) is 3.89. The van der Waals surface area contributed by atoms with E-state index in [2.05, 4.69) is 10.1 Å². The lowest BCUT2D eigenvalue weighted by molar-refractivity contribution is -0.124. The fraction of sp³-hybridized carbons (Fsp3) is 0.235. The van der Waals surface area contributed by atoms with Gasteiger partial charge in [0.2, 0.25) is 5.91 Å². The molecule has 4 rings (SSSR count). The summed E-state index contributed by atoms with van der Waals surface area (Å²) in [5.41, 5.74) is 0.948. The molecule has 1 unspecified atom stereocenters. The molecule has 1 saturated heterocycles. The van der Waals surface area contributed by atoms with Gasteiger partial charge in [-0.1, -0.05) is 11.2 Å². The summed E-state index contributed by atoms with van der Waals surface area (Å²) in [4.78, 5) is 19.7. The van der Waals surface area contributed by atoms with Gasteiger partial charge in [-0.2, -0.15) is 16.3 Å². The number of hydrogen-bond acceptors (Lipinski definition) is 6. The van der Waals surface area contributed by atoms with E-state index < -0.39 is 0 Å².